The van der Waals surface area contributed by atoms with Crippen LogP contribution in [0.25, 0.3) is 6.08 Å². The first kappa shape index (κ1) is 20.0. The zero-order valence-corrected chi connectivity index (χ0v) is 15.4. The molecule has 1 amide bonds. The number of halogens is 1. The number of nitrogens with zero attached hydrogens (tertiary/aromatic N) is 1. The van der Waals surface area contributed by atoms with Crippen molar-refractivity contribution in [3.8, 4) is 11.5 Å². The summed E-state index contributed by atoms with van der Waals surface area (Å²) < 4.78 is 20.2. The van der Waals surface area contributed by atoms with Gasteiger partial charge in [-0.15, -0.1) is 0 Å². The predicted octanol–water partition coefficient (Wildman–Crippen LogP) is 3.54. The van der Waals surface area contributed by atoms with Gasteiger partial charge in [-0.25, -0.2) is 9.87 Å². The molecule has 6 nitrogen and oxygen atoms in total. The van der Waals surface area contributed by atoms with Crippen LogP contribution < -0.4 is 15.8 Å². The zero-order valence-electron chi connectivity index (χ0n) is 15.4. The standard InChI is InChI=1S/C22H19FN2O4/c23-18-6-10-20(11-7-18)29-19-8-3-16(4-9-19)13-15-25-14-1-2-17(22(25)27)5-12-21(26)24-28/h1-12,14,28H,13,15H2,(H,24,26)/b12-5+. The molecule has 0 aliphatic carbocycles. The zero-order chi connectivity index (χ0) is 20.6. The van der Waals surface area contributed by atoms with E-state index in [0.717, 1.165) is 11.6 Å². The molecule has 0 atom stereocenters. The second-order valence-corrected chi connectivity index (χ2v) is 6.22. The Morgan fingerprint density at radius 3 is 2.38 bits per heavy atom. The lowest BCUT2D eigenvalue weighted by molar-refractivity contribution is -0.124. The van der Waals surface area contributed by atoms with Crippen molar-refractivity contribution in [1.82, 2.24) is 10.0 Å². The quantitative estimate of drug-likeness (QED) is 0.365. The molecule has 0 aliphatic heterocycles. The molecule has 0 saturated heterocycles. The number of carbonyl (C=O) groups is 1. The van der Waals surface area contributed by atoms with Crippen molar-refractivity contribution in [1.29, 1.82) is 0 Å². The van der Waals surface area contributed by atoms with Gasteiger partial charge in [0.15, 0.2) is 0 Å². The van der Waals surface area contributed by atoms with E-state index in [1.807, 2.05) is 24.3 Å². The fourth-order valence-electron chi connectivity index (χ4n) is 2.67. The second-order valence-electron chi connectivity index (χ2n) is 6.22. The van der Waals surface area contributed by atoms with E-state index in [9.17, 15) is 14.0 Å². The van der Waals surface area contributed by atoms with Crippen LogP contribution in [0.1, 0.15) is 11.1 Å². The lowest BCUT2D eigenvalue weighted by Gasteiger charge is -2.09. The average molecular weight is 394 g/mol. The molecule has 3 aromatic rings. The molecule has 148 valence electrons. The van der Waals surface area contributed by atoms with Crippen LogP contribution in [0.2, 0.25) is 0 Å². The van der Waals surface area contributed by atoms with Crippen LogP contribution in [0, 0.1) is 5.82 Å². The maximum Gasteiger partial charge on any atom is 0.267 e. The fourth-order valence-corrected chi connectivity index (χ4v) is 2.67. The molecule has 0 saturated carbocycles. The fraction of sp³-hybridized carbons (Fsp3) is 0.0909. The Morgan fingerprint density at radius 1 is 1.07 bits per heavy atom. The van der Waals surface area contributed by atoms with Crippen LogP contribution in [-0.2, 0) is 17.8 Å². The Labute approximate surface area is 166 Å². The third-order valence-electron chi connectivity index (χ3n) is 4.19. The van der Waals surface area contributed by atoms with Crippen molar-refractivity contribution in [2.45, 2.75) is 13.0 Å². The van der Waals surface area contributed by atoms with Gasteiger partial charge in [-0.2, -0.15) is 0 Å². The molecule has 0 unspecified atom stereocenters. The number of carbonyl (C=O) groups excluding carboxylic acids is 1. The average Bonchev–Trinajstić information content (AvgIpc) is 2.74. The van der Waals surface area contributed by atoms with Crippen molar-refractivity contribution in [2.75, 3.05) is 0 Å². The highest BCUT2D eigenvalue weighted by molar-refractivity contribution is 5.90. The van der Waals surface area contributed by atoms with Gasteiger partial charge in [0.05, 0.1) is 0 Å². The molecule has 0 aliphatic rings. The summed E-state index contributed by atoms with van der Waals surface area (Å²) >= 11 is 0. The number of ether oxygens (including phenoxy) is 1. The lowest BCUT2D eigenvalue weighted by Crippen LogP contribution is -2.22. The summed E-state index contributed by atoms with van der Waals surface area (Å²) in [6, 6.07) is 16.5. The van der Waals surface area contributed by atoms with Crippen LogP contribution in [0.15, 0.2) is 77.7 Å². The minimum atomic E-state index is -0.706. The van der Waals surface area contributed by atoms with Crippen molar-refractivity contribution in [3.63, 3.8) is 0 Å². The minimum Gasteiger partial charge on any atom is -0.457 e. The number of aromatic nitrogens is 1. The van der Waals surface area contributed by atoms with Crippen molar-refractivity contribution >= 4 is 12.0 Å². The largest absolute Gasteiger partial charge is 0.457 e. The number of benzene rings is 2. The topological polar surface area (TPSA) is 80.6 Å². The maximum absolute atomic E-state index is 12.9. The van der Waals surface area contributed by atoms with E-state index in [-0.39, 0.29) is 11.4 Å². The van der Waals surface area contributed by atoms with Gasteiger partial charge in [0, 0.05) is 24.4 Å². The highest BCUT2D eigenvalue weighted by Crippen LogP contribution is 2.22. The SMILES string of the molecule is O=C(/C=C/c1cccn(CCc2ccc(Oc3ccc(F)cc3)cc2)c1=O)NO. The summed E-state index contributed by atoms with van der Waals surface area (Å²) in [5.74, 6) is 0.152. The van der Waals surface area contributed by atoms with Gasteiger partial charge in [-0.05, 0) is 66.6 Å². The molecule has 1 heterocycles. The van der Waals surface area contributed by atoms with Crippen molar-refractivity contribution in [3.05, 3.63) is 100 Å². The third-order valence-corrected chi connectivity index (χ3v) is 4.19. The molecule has 2 N–H and O–H groups in total. The third kappa shape index (κ3) is 5.63. The highest BCUT2D eigenvalue weighted by atomic mass is 19.1. The first-order valence-corrected chi connectivity index (χ1v) is 8.89. The molecular formula is C22H19FN2O4. The Balaban J connectivity index is 1.63. The van der Waals surface area contributed by atoms with Gasteiger partial charge in [-0.1, -0.05) is 12.1 Å². The van der Waals surface area contributed by atoms with Gasteiger partial charge in [-0.3, -0.25) is 14.8 Å². The Hall–Kier alpha value is -3.71. The molecule has 3 rings (SSSR count). The smallest absolute Gasteiger partial charge is 0.267 e. The van der Waals surface area contributed by atoms with E-state index < -0.39 is 5.91 Å². The monoisotopic (exact) mass is 394 g/mol. The number of pyridine rings is 1. The van der Waals surface area contributed by atoms with Gasteiger partial charge >= 0.3 is 0 Å². The number of nitrogens with one attached hydrogen (secondary N) is 1. The summed E-state index contributed by atoms with van der Waals surface area (Å²) in [6.07, 6.45) is 4.74. The summed E-state index contributed by atoms with van der Waals surface area (Å²) in [6.45, 7) is 0.463. The molecule has 0 spiro atoms. The van der Waals surface area contributed by atoms with Crippen LogP contribution in [0.3, 0.4) is 0 Å². The van der Waals surface area contributed by atoms with E-state index in [0.29, 0.717) is 30.0 Å². The number of hydroxylamine groups is 1. The van der Waals surface area contributed by atoms with E-state index in [1.54, 1.807) is 35.0 Å². The highest BCUT2D eigenvalue weighted by Gasteiger charge is 2.03. The van der Waals surface area contributed by atoms with Crippen LogP contribution in [0.4, 0.5) is 4.39 Å². The molecule has 1 aromatic heterocycles. The first-order chi connectivity index (χ1) is 14.0. The van der Waals surface area contributed by atoms with Crippen molar-refractivity contribution < 1.29 is 19.1 Å². The maximum atomic E-state index is 12.9. The molecule has 29 heavy (non-hydrogen) atoms. The van der Waals surface area contributed by atoms with E-state index in [1.165, 1.54) is 23.7 Å². The molecule has 0 bridgehead atoms. The summed E-state index contributed by atoms with van der Waals surface area (Å²) in [4.78, 5) is 23.5. The number of rotatable bonds is 7. The Kier molecular flexibility index (Phi) is 6.55. The predicted molar refractivity (Wildman–Crippen MR) is 106 cm³/mol. The summed E-state index contributed by atoms with van der Waals surface area (Å²) in [5, 5.41) is 8.50. The van der Waals surface area contributed by atoms with Crippen LogP contribution >= 0.6 is 0 Å². The molecule has 0 fully saturated rings. The van der Waals surface area contributed by atoms with Crippen LogP contribution in [-0.4, -0.2) is 15.7 Å². The van der Waals surface area contributed by atoms with Gasteiger partial charge in [0.2, 0.25) is 0 Å². The number of hydrogen-bond donors (Lipinski definition) is 2. The molecule has 7 heteroatoms. The normalized spacial score (nSPS) is 10.8. The van der Waals surface area contributed by atoms with Crippen LogP contribution in [0.5, 0.6) is 11.5 Å². The van der Waals surface area contributed by atoms with E-state index in [4.69, 9.17) is 9.94 Å². The van der Waals surface area contributed by atoms with E-state index >= 15 is 0 Å². The molecular weight excluding hydrogens is 375 g/mol. The Bertz CT molecular complexity index is 1060. The number of amides is 1. The number of hydrogen-bond acceptors (Lipinski definition) is 4. The first-order valence-electron chi connectivity index (χ1n) is 8.89. The summed E-state index contributed by atoms with van der Waals surface area (Å²) in [5.41, 5.74) is 2.61. The Morgan fingerprint density at radius 2 is 1.72 bits per heavy atom. The summed E-state index contributed by atoms with van der Waals surface area (Å²) in [7, 11) is 0. The van der Waals surface area contributed by atoms with Gasteiger partial charge in [0.1, 0.15) is 17.3 Å². The second kappa shape index (κ2) is 9.48. The lowest BCUT2D eigenvalue weighted by atomic mass is 10.1. The van der Waals surface area contributed by atoms with Gasteiger partial charge in [0.25, 0.3) is 11.5 Å². The molecule has 0 radical (unpaired) electrons. The number of aryl methyl sites for hydroxylation is 2. The minimum absolute atomic E-state index is 0.231. The van der Waals surface area contributed by atoms with Crippen molar-refractivity contribution in [2.24, 2.45) is 0 Å². The molecule has 2 aromatic carbocycles. The van der Waals surface area contributed by atoms with E-state index in [2.05, 4.69) is 0 Å². The van der Waals surface area contributed by atoms with Gasteiger partial charge < -0.3 is 9.30 Å².